The van der Waals surface area contributed by atoms with Crippen LogP contribution in [-0.2, 0) is 13.0 Å². The predicted molar refractivity (Wildman–Crippen MR) is 123 cm³/mol. The summed E-state index contributed by atoms with van der Waals surface area (Å²) in [6, 6.07) is 14.5. The second-order valence-corrected chi connectivity index (χ2v) is 7.57. The number of rotatable bonds is 6. The summed E-state index contributed by atoms with van der Waals surface area (Å²) in [7, 11) is 1.77. The number of hydrogen-bond acceptors (Lipinski definition) is 4. The second kappa shape index (κ2) is 10.5. The third-order valence-corrected chi connectivity index (χ3v) is 4.94. The standard InChI is InChI=1S/C20H24N4OS.HI/c1-14(11-18-10-9-15(2)26-18)23-20(21-3)22-12-17-13-25-19(24-17)16-7-5-4-6-8-16;/h4-10,13-14H,11-12H2,1-3H3,(H2,21,22,23);1H. The number of thiophene rings is 1. The quantitative estimate of drug-likeness (QED) is 0.297. The van der Waals surface area contributed by atoms with Crippen molar-refractivity contribution in [3.63, 3.8) is 0 Å². The van der Waals surface area contributed by atoms with Gasteiger partial charge in [0.25, 0.3) is 0 Å². The summed E-state index contributed by atoms with van der Waals surface area (Å²) in [4.78, 5) is 11.5. The van der Waals surface area contributed by atoms with Crippen LogP contribution in [0.25, 0.3) is 11.5 Å². The number of benzene rings is 1. The maximum atomic E-state index is 5.57. The monoisotopic (exact) mass is 496 g/mol. The minimum Gasteiger partial charge on any atom is -0.444 e. The lowest BCUT2D eigenvalue weighted by molar-refractivity contribution is 0.572. The molecule has 3 aromatic rings. The van der Waals surface area contributed by atoms with Crippen LogP contribution in [0, 0.1) is 6.92 Å². The molecule has 2 N–H and O–H groups in total. The molecule has 144 valence electrons. The average Bonchev–Trinajstić information content (AvgIpc) is 3.28. The van der Waals surface area contributed by atoms with Crippen molar-refractivity contribution in [2.24, 2.45) is 4.99 Å². The van der Waals surface area contributed by atoms with Gasteiger partial charge < -0.3 is 15.1 Å². The van der Waals surface area contributed by atoms with Gasteiger partial charge in [-0.05, 0) is 38.1 Å². The zero-order valence-electron chi connectivity index (χ0n) is 15.7. The van der Waals surface area contributed by atoms with Crippen molar-refractivity contribution in [1.82, 2.24) is 15.6 Å². The highest BCUT2D eigenvalue weighted by atomic mass is 127. The van der Waals surface area contributed by atoms with Crippen LogP contribution >= 0.6 is 35.3 Å². The first kappa shape index (κ1) is 21.4. The number of aliphatic imine (C=N–C) groups is 1. The Morgan fingerprint density at radius 3 is 2.67 bits per heavy atom. The van der Waals surface area contributed by atoms with E-state index in [4.69, 9.17) is 4.42 Å². The lowest BCUT2D eigenvalue weighted by Crippen LogP contribution is -2.42. The highest BCUT2D eigenvalue weighted by Gasteiger charge is 2.10. The molecular formula is C20H25IN4OS. The first-order chi connectivity index (χ1) is 12.6. The summed E-state index contributed by atoms with van der Waals surface area (Å²) in [6.45, 7) is 4.85. The van der Waals surface area contributed by atoms with Gasteiger partial charge in [0.05, 0.1) is 12.2 Å². The molecule has 0 aliphatic carbocycles. The van der Waals surface area contributed by atoms with Gasteiger partial charge >= 0.3 is 0 Å². The molecule has 0 aliphatic heterocycles. The Kier molecular flexibility index (Phi) is 8.30. The van der Waals surface area contributed by atoms with E-state index in [1.54, 1.807) is 13.3 Å². The van der Waals surface area contributed by atoms with Crippen molar-refractivity contribution in [2.75, 3.05) is 7.05 Å². The molecule has 2 heterocycles. The van der Waals surface area contributed by atoms with Gasteiger partial charge in [0, 0.05) is 34.8 Å². The molecule has 0 radical (unpaired) electrons. The van der Waals surface area contributed by atoms with Crippen LogP contribution in [0.5, 0.6) is 0 Å². The number of aryl methyl sites for hydroxylation is 1. The van der Waals surface area contributed by atoms with Gasteiger partial charge in [-0.2, -0.15) is 0 Å². The van der Waals surface area contributed by atoms with Gasteiger partial charge in [-0.1, -0.05) is 18.2 Å². The van der Waals surface area contributed by atoms with E-state index in [1.165, 1.54) is 9.75 Å². The van der Waals surface area contributed by atoms with Crippen LogP contribution in [0.1, 0.15) is 22.4 Å². The molecular weight excluding hydrogens is 471 g/mol. The number of nitrogens with zero attached hydrogens (tertiary/aromatic N) is 2. The van der Waals surface area contributed by atoms with Crippen LogP contribution in [0.15, 0.2) is 58.1 Å². The van der Waals surface area contributed by atoms with Crippen LogP contribution < -0.4 is 10.6 Å². The molecule has 0 aliphatic rings. The Balaban J connectivity index is 0.00000261. The van der Waals surface area contributed by atoms with Gasteiger partial charge in [0.15, 0.2) is 5.96 Å². The average molecular weight is 496 g/mol. The molecule has 0 amide bonds. The van der Waals surface area contributed by atoms with Crippen molar-refractivity contribution < 1.29 is 4.42 Å². The first-order valence-electron chi connectivity index (χ1n) is 8.66. The van der Waals surface area contributed by atoms with E-state index in [-0.39, 0.29) is 30.0 Å². The SMILES string of the molecule is CN=C(NCc1coc(-c2ccccc2)n1)NC(C)Cc1ccc(C)s1.I. The molecule has 0 bridgehead atoms. The fraction of sp³-hybridized carbons (Fsp3) is 0.300. The van der Waals surface area contributed by atoms with Crippen LogP contribution in [0.3, 0.4) is 0 Å². The predicted octanol–water partition coefficient (Wildman–Crippen LogP) is 4.63. The number of halogens is 1. The van der Waals surface area contributed by atoms with Crippen LogP contribution in [-0.4, -0.2) is 24.0 Å². The molecule has 0 fully saturated rings. The van der Waals surface area contributed by atoms with Gasteiger partial charge in [0.2, 0.25) is 5.89 Å². The molecule has 0 saturated carbocycles. The summed E-state index contributed by atoms with van der Waals surface area (Å²) >= 11 is 1.84. The Morgan fingerprint density at radius 1 is 1.22 bits per heavy atom. The molecule has 0 spiro atoms. The van der Waals surface area contributed by atoms with Crippen LogP contribution in [0.2, 0.25) is 0 Å². The minimum absolute atomic E-state index is 0. The summed E-state index contributed by atoms with van der Waals surface area (Å²) in [5.74, 6) is 1.39. The Labute approximate surface area is 181 Å². The zero-order chi connectivity index (χ0) is 18.4. The zero-order valence-corrected chi connectivity index (χ0v) is 18.9. The normalized spacial score (nSPS) is 12.3. The van der Waals surface area contributed by atoms with E-state index in [0.29, 0.717) is 12.4 Å². The molecule has 1 unspecified atom stereocenters. The summed E-state index contributed by atoms with van der Waals surface area (Å²) in [5, 5.41) is 6.71. The highest BCUT2D eigenvalue weighted by Crippen LogP contribution is 2.18. The van der Waals surface area contributed by atoms with Crippen molar-refractivity contribution in [3.8, 4) is 11.5 Å². The van der Waals surface area contributed by atoms with E-state index in [9.17, 15) is 0 Å². The Bertz CT molecular complexity index is 860. The molecule has 5 nitrogen and oxygen atoms in total. The third kappa shape index (κ3) is 6.35. The largest absolute Gasteiger partial charge is 0.444 e. The minimum atomic E-state index is 0. The van der Waals surface area contributed by atoms with Crippen molar-refractivity contribution >= 4 is 41.3 Å². The topological polar surface area (TPSA) is 62.5 Å². The van der Waals surface area contributed by atoms with E-state index < -0.39 is 0 Å². The van der Waals surface area contributed by atoms with E-state index in [2.05, 4.69) is 46.6 Å². The number of hydrogen-bond donors (Lipinski definition) is 2. The molecule has 1 aromatic carbocycles. The fourth-order valence-corrected chi connectivity index (χ4v) is 3.67. The van der Waals surface area contributed by atoms with E-state index in [0.717, 1.165) is 23.6 Å². The van der Waals surface area contributed by atoms with Crippen molar-refractivity contribution in [2.45, 2.75) is 32.9 Å². The lowest BCUT2D eigenvalue weighted by Gasteiger charge is -2.16. The van der Waals surface area contributed by atoms with Gasteiger partial charge in [-0.15, -0.1) is 35.3 Å². The van der Waals surface area contributed by atoms with Gasteiger partial charge in [-0.3, -0.25) is 4.99 Å². The molecule has 27 heavy (non-hydrogen) atoms. The molecule has 1 atom stereocenters. The van der Waals surface area contributed by atoms with Gasteiger partial charge in [-0.25, -0.2) is 4.98 Å². The maximum absolute atomic E-state index is 5.57. The Hall–Kier alpha value is -1.87. The number of oxazole rings is 1. The van der Waals surface area contributed by atoms with Crippen LogP contribution in [0.4, 0.5) is 0 Å². The summed E-state index contributed by atoms with van der Waals surface area (Å²) in [5.41, 5.74) is 1.81. The van der Waals surface area contributed by atoms with E-state index >= 15 is 0 Å². The Morgan fingerprint density at radius 2 is 2.00 bits per heavy atom. The van der Waals surface area contributed by atoms with Crippen molar-refractivity contribution in [1.29, 1.82) is 0 Å². The smallest absolute Gasteiger partial charge is 0.226 e. The number of aromatic nitrogens is 1. The maximum Gasteiger partial charge on any atom is 0.226 e. The van der Waals surface area contributed by atoms with E-state index in [1.807, 2.05) is 41.7 Å². The first-order valence-corrected chi connectivity index (χ1v) is 9.48. The molecule has 3 rings (SSSR count). The van der Waals surface area contributed by atoms with Crippen molar-refractivity contribution in [3.05, 3.63) is 64.2 Å². The molecule has 0 saturated heterocycles. The lowest BCUT2D eigenvalue weighted by atomic mass is 10.2. The number of nitrogens with one attached hydrogen (secondary N) is 2. The second-order valence-electron chi connectivity index (χ2n) is 6.20. The highest BCUT2D eigenvalue weighted by molar-refractivity contribution is 14.0. The summed E-state index contributed by atoms with van der Waals surface area (Å²) < 4.78 is 5.57. The van der Waals surface area contributed by atoms with Gasteiger partial charge in [0.1, 0.15) is 6.26 Å². The third-order valence-electron chi connectivity index (χ3n) is 3.92. The molecule has 2 aromatic heterocycles. The fourth-order valence-electron chi connectivity index (χ4n) is 2.65. The summed E-state index contributed by atoms with van der Waals surface area (Å²) in [6.07, 6.45) is 2.65. The molecule has 7 heteroatoms. The number of guanidine groups is 1.